The molecule has 0 bridgehead atoms. The predicted octanol–water partition coefficient (Wildman–Crippen LogP) is 3.14. The molecule has 0 radical (unpaired) electrons. The molecule has 1 aromatic rings. The monoisotopic (exact) mass is 236 g/mol. The van der Waals surface area contributed by atoms with Crippen molar-refractivity contribution in [2.45, 2.75) is 34.2 Å². The van der Waals surface area contributed by atoms with Gasteiger partial charge in [0.2, 0.25) is 0 Å². The number of hydrogen-bond acceptors (Lipinski definition) is 2. The van der Waals surface area contributed by atoms with Crippen LogP contribution in [0, 0.1) is 0 Å². The highest BCUT2D eigenvalue weighted by Crippen LogP contribution is 2.04. The van der Waals surface area contributed by atoms with Crippen LogP contribution in [0.15, 0.2) is 30.3 Å². The Kier molecular flexibility index (Phi) is 11.0. The van der Waals surface area contributed by atoms with Crippen LogP contribution < -0.4 is 5.32 Å². The SMILES string of the molecule is CC.CC.c1ccc(CN2CCNCC2)cc1. The molecular formula is C15H28N2. The zero-order valence-corrected chi connectivity index (χ0v) is 11.9. The van der Waals surface area contributed by atoms with Gasteiger partial charge in [-0.25, -0.2) is 0 Å². The van der Waals surface area contributed by atoms with Crippen LogP contribution in [0.1, 0.15) is 33.3 Å². The third kappa shape index (κ3) is 7.14. The van der Waals surface area contributed by atoms with Crippen molar-refractivity contribution >= 4 is 0 Å². The second-order valence-electron chi connectivity index (χ2n) is 3.51. The normalized spacial score (nSPS) is 15.1. The van der Waals surface area contributed by atoms with Gasteiger partial charge in [-0.1, -0.05) is 58.0 Å². The summed E-state index contributed by atoms with van der Waals surface area (Å²) in [5.74, 6) is 0. The minimum Gasteiger partial charge on any atom is -0.314 e. The largest absolute Gasteiger partial charge is 0.314 e. The Balaban J connectivity index is 0.000000581. The molecule has 1 aliphatic rings. The molecule has 0 aliphatic carbocycles. The molecule has 0 amide bonds. The molecule has 1 N–H and O–H groups in total. The van der Waals surface area contributed by atoms with Crippen LogP contribution in [0.5, 0.6) is 0 Å². The van der Waals surface area contributed by atoms with Gasteiger partial charge >= 0.3 is 0 Å². The fourth-order valence-electron chi connectivity index (χ4n) is 1.71. The van der Waals surface area contributed by atoms with Gasteiger partial charge in [0.1, 0.15) is 0 Å². The van der Waals surface area contributed by atoms with E-state index in [2.05, 4.69) is 40.5 Å². The van der Waals surface area contributed by atoms with Gasteiger partial charge in [0.25, 0.3) is 0 Å². The first-order chi connectivity index (χ1) is 8.45. The van der Waals surface area contributed by atoms with Crippen molar-refractivity contribution in [3.05, 3.63) is 35.9 Å². The maximum Gasteiger partial charge on any atom is 0.0234 e. The average Bonchev–Trinajstić information content (AvgIpc) is 2.45. The van der Waals surface area contributed by atoms with Crippen molar-refractivity contribution in [3.63, 3.8) is 0 Å². The number of hydrogen-bond donors (Lipinski definition) is 1. The third-order valence-electron chi connectivity index (χ3n) is 2.46. The topological polar surface area (TPSA) is 15.3 Å². The molecule has 1 saturated heterocycles. The van der Waals surface area contributed by atoms with E-state index in [1.807, 2.05) is 27.7 Å². The predicted molar refractivity (Wildman–Crippen MR) is 77.3 cm³/mol. The smallest absolute Gasteiger partial charge is 0.0234 e. The third-order valence-corrected chi connectivity index (χ3v) is 2.46. The quantitative estimate of drug-likeness (QED) is 0.848. The summed E-state index contributed by atoms with van der Waals surface area (Å²) in [7, 11) is 0. The first-order valence-electron chi connectivity index (χ1n) is 6.92. The maximum absolute atomic E-state index is 3.36. The number of piperazine rings is 1. The Morgan fingerprint density at radius 2 is 1.47 bits per heavy atom. The lowest BCUT2D eigenvalue weighted by Crippen LogP contribution is -2.42. The van der Waals surface area contributed by atoms with Crippen LogP contribution in [0.25, 0.3) is 0 Å². The van der Waals surface area contributed by atoms with E-state index in [1.54, 1.807) is 0 Å². The number of nitrogens with one attached hydrogen (secondary N) is 1. The van der Waals surface area contributed by atoms with Gasteiger partial charge in [0, 0.05) is 32.7 Å². The summed E-state index contributed by atoms with van der Waals surface area (Å²) in [6, 6.07) is 10.7. The van der Waals surface area contributed by atoms with Crippen molar-refractivity contribution in [2.75, 3.05) is 26.2 Å². The lowest BCUT2D eigenvalue weighted by molar-refractivity contribution is 0.233. The molecule has 17 heavy (non-hydrogen) atoms. The van der Waals surface area contributed by atoms with Crippen molar-refractivity contribution in [3.8, 4) is 0 Å². The molecule has 2 nitrogen and oxygen atoms in total. The van der Waals surface area contributed by atoms with E-state index in [-0.39, 0.29) is 0 Å². The summed E-state index contributed by atoms with van der Waals surface area (Å²) >= 11 is 0. The number of nitrogens with zero attached hydrogens (tertiary/aromatic N) is 1. The second kappa shape index (κ2) is 11.6. The van der Waals surface area contributed by atoms with Crippen molar-refractivity contribution in [2.24, 2.45) is 0 Å². The van der Waals surface area contributed by atoms with Gasteiger partial charge in [-0.05, 0) is 5.56 Å². The summed E-state index contributed by atoms with van der Waals surface area (Å²) in [5, 5.41) is 3.36. The minimum atomic E-state index is 1.10. The Labute approximate surface area is 107 Å². The van der Waals surface area contributed by atoms with Gasteiger partial charge in [-0.15, -0.1) is 0 Å². The van der Waals surface area contributed by atoms with Crippen LogP contribution in [0.4, 0.5) is 0 Å². The summed E-state index contributed by atoms with van der Waals surface area (Å²) in [6.07, 6.45) is 0. The molecule has 0 spiro atoms. The molecule has 0 saturated carbocycles. The number of benzene rings is 1. The van der Waals surface area contributed by atoms with E-state index in [4.69, 9.17) is 0 Å². The van der Waals surface area contributed by atoms with E-state index in [0.717, 1.165) is 19.6 Å². The maximum atomic E-state index is 3.36. The molecule has 1 fully saturated rings. The van der Waals surface area contributed by atoms with Crippen LogP contribution in [0.3, 0.4) is 0 Å². The lowest BCUT2D eigenvalue weighted by atomic mass is 10.2. The van der Waals surface area contributed by atoms with E-state index >= 15 is 0 Å². The van der Waals surface area contributed by atoms with Gasteiger partial charge in [-0.3, -0.25) is 4.90 Å². The van der Waals surface area contributed by atoms with Gasteiger partial charge in [-0.2, -0.15) is 0 Å². The fraction of sp³-hybridized carbons (Fsp3) is 0.600. The molecule has 0 atom stereocenters. The van der Waals surface area contributed by atoms with E-state index in [0.29, 0.717) is 0 Å². The zero-order chi connectivity index (χ0) is 12.9. The summed E-state index contributed by atoms with van der Waals surface area (Å²) in [5.41, 5.74) is 1.42. The molecule has 0 unspecified atom stereocenters. The highest BCUT2D eigenvalue weighted by atomic mass is 15.2. The van der Waals surface area contributed by atoms with Crippen LogP contribution in [-0.4, -0.2) is 31.1 Å². The first kappa shape index (κ1) is 16.1. The van der Waals surface area contributed by atoms with Crippen LogP contribution >= 0.6 is 0 Å². The summed E-state index contributed by atoms with van der Waals surface area (Å²) < 4.78 is 0. The summed E-state index contributed by atoms with van der Waals surface area (Å²) in [4.78, 5) is 2.49. The van der Waals surface area contributed by atoms with E-state index < -0.39 is 0 Å². The van der Waals surface area contributed by atoms with Crippen molar-refractivity contribution in [1.29, 1.82) is 0 Å². The van der Waals surface area contributed by atoms with Gasteiger partial charge in [0.15, 0.2) is 0 Å². The average molecular weight is 236 g/mol. The van der Waals surface area contributed by atoms with Gasteiger partial charge < -0.3 is 5.32 Å². The van der Waals surface area contributed by atoms with Crippen LogP contribution in [-0.2, 0) is 6.54 Å². The Morgan fingerprint density at radius 3 is 2.00 bits per heavy atom. The molecule has 1 aromatic carbocycles. The molecule has 98 valence electrons. The Morgan fingerprint density at radius 1 is 0.941 bits per heavy atom. The Bertz CT molecular complexity index is 240. The standard InChI is InChI=1S/C11H16N2.2C2H6/c1-2-4-11(5-3-1)10-13-8-6-12-7-9-13;2*1-2/h1-5,12H,6-10H2;2*1-2H3. The Hall–Kier alpha value is -0.860. The van der Waals surface area contributed by atoms with E-state index in [1.165, 1.54) is 18.7 Å². The zero-order valence-electron chi connectivity index (χ0n) is 11.9. The number of rotatable bonds is 2. The minimum absolute atomic E-state index is 1.10. The summed E-state index contributed by atoms with van der Waals surface area (Å²) in [6.45, 7) is 13.7. The second-order valence-corrected chi connectivity index (χ2v) is 3.51. The van der Waals surface area contributed by atoms with Crippen molar-refractivity contribution in [1.82, 2.24) is 10.2 Å². The molecular weight excluding hydrogens is 208 g/mol. The van der Waals surface area contributed by atoms with Gasteiger partial charge in [0.05, 0.1) is 0 Å². The fourth-order valence-corrected chi connectivity index (χ4v) is 1.71. The first-order valence-corrected chi connectivity index (χ1v) is 6.92. The molecule has 1 heterocycles. The highest BCUT2D eigenvalue weighted by Gasteiger charge is 2.08. The van der Waals surface area contributed by atoms with Crippen LogP contribution in [0.2, 0.25) is 0 Å². The highest BCUT2D eigenvalue weighted by molar-refractivity contribution is 5.14. The lowest BCUT2D eigenvalue weighted by Gasteiger charge is -2.27. The van der Waals surface area contributed by atoms with Crippen molar-refractivity contribution < 1.29 is 0 Å². The molecule has 2 rings (SSSR count). The molecule has 1 aliphatic heterocycles. The molecule has 0 aromatic heterocycles. The molecule has 2 heteroatoms. The van der Waals surface area contributed by atoms with E-state index in [9.17, 15) is 0 Å².